The van der Waals surface area contributed by atoms with Crippen LogP contribution in [0.25, 0.3) is 0 Å². The summed E-state index contributed by atoms with van der Waals surface area (Å²) in [5.41, 5.74) is 0.212. The molecule has 1 unspecified atom stereocenters. The Morgan fingerprint density at radius 3 is 2.54 bits per heavy atom. The molecule has 3 rings (SSSR count). The number of allylic oxidation sites excluding steroid dienone is 1. The number of rotatable bonds is 0. The van der Waals surface area contributed by atoms with Crippen LogP contribution in [0.15, 0.2) is 24.3 Å². The Balaban J connectivity index is 1.89. The second kappa shape index (κ2) is 2.71. The van der Waals surface area contributed by atoms with E-state index < -0.39 is 0 Å². The molecule has 13 heavy (non-hydrogen) atoms. The van der Waals surface area contributed by atoms with E-state index in [4.69, 9.17) is 4.74 Å². The summed E-state index contributed by atoms with van der Waals surface area (Å²) in [4.78, 5) is 0. The minimum absolute atomic E-state index is 0.212. The quantitative estimate of drug-likeness (QED) is 0.516. The van der Waals surface area contributed by atoms with E-state index in [1.807, 2.05) is 0 Å². The fourth-order valence-electron chi connectivity index (χ4n) is 3.26. The molecule has 1 saturated carbocycles. The zero-order chi connectivity index (χ0) is 8.73. The summed E-state index contributed by atoms with van der Waals surface area (Å²) in [6, 6.07) is 0. The summed E-state index contributed by atoms with van der Waals surface area (Å²) in [6.45, 7) is 0.828. The fraction of sp³-hybridized carbons (Fsp3) is 0.667. The largest absolute Gasteiger partial charge is 0.370 e. The Hall–Kier alpha value is -0.560. The third kappa shape index (κ3) is 0.969. The minimum atomic E-state index is 0.212. The molecule has 0 N–H and O–H groups in total. The topological polar surface area (TPSA) is 9.23 Å². The smallest absolute Gasteiger partial charge is 0.0814 e. The number of ether oxygens (including phenoxy) is 1. The van der Waals surface area contributed by atoms with Crippen LogP contribution in [0.3, 0.4) is 0 Å². The van der Waals surface area contributed by atoms with E-state index in [0.29, 0.717) is 0 Å². The SMILES string of the molecule is C1=CCOC2(CC1)[C@@H]1C=C[C@H]2CC1. The molecule has 0 amide bonds. The van der Waals surface area contributed by atoms with Crippen LogP contribution in [-0.4, -0.2) is 12.2 Å². The van der Waals surface area contributed by atoms with Crippen molar-refractivity contribution in [2.24, 2.45) is 11.8 Å². The van der Waals surface area contributed by atoms with E-state index in [1.54, 1.807) is 0 Å². The molecule has 70 valence electrons. The van der Waals surface area contributed by atoms with E-state index in [2.05, 4.69) is 24.3 Å². The van der Waals surface area contributed by atoms with Crippen LogP contribution in [0.4, 0.5) is 0 Å². The fourth-order valence-corrected chi connectivity index (χ4v) is 3.26. The molecule has 3 atom stereocenters. The Morgan fingerprint density at radius 1 is 1.08 bits per heavy atom. The Kier molecular flexibility index (Phi) is 1.63. The van der Waals surface area contributed by atoms with Gasteiger partial charge in [-0.3, -0.25) is 0 Å². The van der Waals surface area contributed by atoms with Crippen LogP contribution in [0.2, 0.25) is 0 Å². The highest BCUT2D eigenvalue weighted by Gasteiger charge is 2.51. The third-order valence-corrected chi connectivity index (χ3v) is 3.94. The zero-order valence-corrected chi connectivity index (χ0v) is 7.91. The van der Waals surface area contributed by atoms with E-state index in [1.165, 1.54) is 25.7 Å². The van der Waals surface area contributed by atoms with Crippen LogP contribution >= 0.6 is 0 Å². The van der Waals surface area contributed by atoms with Crippen LogP contribution < -0.4 is 0 Å². The summed E-state index contributed by atoms with van der Waals surface area (Å²) >= 11 is 0. The molecule has 1 spiro atoms. The van der Waals surface area contributed by atoms with Gasteiger partial charge in [-0.15, -0.1) is 0 Å². The first-order valence-electron chi connectivity index (χ1n) is 5.39. The van der Waals surface area contributed by atoms with Gasteiger partial charge in [-0.05, 0) is 25.7 Å². The molecule has 1 heterocycles. The molecule has 1 heteroatoms. The molecule has 1 fully saturated rings. The van der Waals surface area contributed by atoms with Gasteiger partial charge in [0, 0.05) is 11.8 Å². The molecule has 1 aliphatic heterocycles. The van der Waals surface area contributed by atoms with Crippen LogP contribution in [-0.2, 0) is 4.74 Å². The maximum absolute atomic E-state index is 6.09. The summed E-state index contributed by atoms with van der Waals surface area (Å²) in [5, 5.41) is 0. The van der Waals surface area contributed by atoms with Crippen LogP contribution in [0, 0.1) is 11.8 Å². The number of hydrogen-bond donors (Lipinski definition) is 0. The summed E-state index contributed by atoms with van der Waals surface area (Å²) in [6.07, 6.45) is 14.3. The molecule has 3 aliphatic rings. The zero-order valence-electron chi connectivity index (χ0n) is 7.91. The van der Waals surface area contributed by atoms with Gasteiger partial charge in [-0.25, -0.2) is 0 Å². The van der Waals surface area contributed by atoms with Gasteiger partial charge in [0.2, 0.25) is 0 Å². The molecular weight excluding hydrogens is 160 g/mol. The van der Waals surface area contributed by atoms with Crippen molar-refractivity contribution in [3.8, 4) is 0 Å². The summed E-state index contributed by atoms with van der Waals surface area (Å²) in [5.74, 6) is 1.44. The van der Waals surface area contributed by atoms with Gasteiger partial charge < -0.3 is 4.74 Å². The molecule has 0 aromatic rings. The van der Waals surface area contributed by atoms with Crippen molar-refractivity contribution in [2.75, 3.05) is 6.61 Å². The van der Waals surface area contributed by atoms with Crippen molar-refractivity contribution >= 4 is 0 Å². The Morgan fingerprint density at radius 2 is 1.85 bits per heavy atom. The first-order chi connectivity index (χ1) is 6.42. The highest BCUT2D eigenvalue weighted by atomic mass is 16.5. The monoisotopic (exact) mass is 176 g/mol. The second-order valence-corrected chi connectivity index (χ2v) is 4.45. The normalized spacial score (nSPS) is 47.4. The maximum Gasteiger partial charge on any atom is 0.0814 e. The highest BCUT2D eigenvalue weighted by molar-refractivity contribution is 5.21. The minimum Gasteiger partial charge on any atom is -0.370 e. The summed E-state index contributed by atoms with van der Waals surface area (Å²) in [7, 11) is 0. The van der Waals surface area contributed by atoms with E-state index in [9.17, 15) is 0 Å². The lowest BCUT2D eigenvalue weighted by Gasteiger charge is -2.33. The molecule has 0 aromatic heterocycles. The lowest BCUT2D eigenvalue weighted by atomic mass is 9.86. The van der Waals surface area contributed by atoms with Gasteiger partial charge in [0.1, 0.15) is 0 Å². The van der Waals surface area contributed by atoms with Crippen molar-refractivity contribution in [3.63, 3.8) is 0 Å². The molecule has 2 aliphatic carbocycles. The van der Waals surface area contributed by atoms with Crippen molar-refractivity contribution < 1.29 is 4.74 Å². The average Bonchev–Trinajstić information content (AvgIpc) is 2.56. The lowest BCUT2D eigenvalue weighted by Crippen LogP contribution is -2.37. The van der Waals surface area contributed by atoms with Gasteiger partial charge in [-0.2, -0.15) is 0 Å². The predicted molar refractivity (Wildman–Crippen MR) is 52.4 cm³/mol. The molecule has 0 saturated heterocycles. The Bertz CT molecular complexity index is 238. The van der Waals surface area contributed by atoms with Crippen LogP contribution in [0.5, 0.6) is 0 Å². The van der Waals surface area contributed by atoms with E-state index >= 15 is 0 Å². The lowest BCUT2D eigenvalue weighted by molar-refractivity contribution is -0.0627. The first kappa shape index (κ1) is 7.81. The van der Waals surface area contributed by atoms with Crippen molar-refractivity contribution in [1.29, 1.82) is 0 Å². The highest BCUT2D eigenvalue weighted by Crippen LogP contribution is 2.52. The van der Waals surface area contributed by atoms with Gasteiger partial charge in [0.25, 0.3) is 0 Å². The molecule has 0 radical (unpaired) electrons. The van der Waals surface area contributed by atoms with E-state index in [-0.39, 0.29) is 5.60 Å². The molecule has 0 aromatic carbocycles. The second-order valence-electron chi connectivity index (χ2n) is 4.45. The van der Waals surface area contributed by atoms with Crippen molar-refractivity contribution in [1.82, 2.24) is 0 Å². The summed E-state index contributed by atoms with van der Waals surface area (Å²) < 4.78 is 6.09. The van der Waals surface area contributed by atoms with E-state index in [0.717, 1.165) is 18.4 Å². The first-order valence-corrected chi connectivity index (χ1v) is 5.39. The number of hydrogen-bond acceptors (Lipinski definition) is 1. The third-order valence-electron chi connectivity index (χ3n) is 3.94. The maximum atomic E-state index is 6.09. The van der Waals surface area contributed by atoms with Gasteiger partial charge in [-0.1, -0.05) is 24.3 Å². The Labute approximate surface area is 79.5 Å². The standard InChI is InChI=1S/C12H16O/c1-2-8-12(13-9-3-1)10-4-5-11(12)7-6-10/h1,3-5,10-11H,2,6-9H2/t10-,11+,12?. The molecular formula is C12H16O. The van der Waals surface area contributed by atoms with Gasteiger partial charge in [0.05, 0.1) is 12.2 Å². The predicted octanol–water partition coefficient (Wildman–Crippen LogP) is 2.69. The van der Waals surface area contributed by atoms with Gasteiger partial charge in [0.15, 0.2) is 0 Å². The van der Waals surface area contributed by atoms with Crippen molar-refractivity contribution in [2.45, 2.75) is 31.3 Å². The van der Waals surface area contributed by atoms with Crippen molar-refractivity contribution in [3.05, 3.63) is 24.3 Å². The van der Waals surface area contributed by atoms with Gasteiger partial charge >= 0.3 is 0 Å². The average molecular weight is 176 g/mol. The molecule has 1 nitrogen and oxygen atoms in total. The van der Waals surface area contributed by atoms with Crippen LogP contribution in [0.1, 0.15) is 25.7 Å². The molecule has 2 bridgehead atoms.